The zero-order valence-corrected chi connectivity index (χ0v) is 13.5. The van der Waals surface area contributed by atoms with Gasteiger partial charge in [0.15, 0.2) is 0 Å². The second-order valence-corrected chi connectivity index (χ2v) is 6.20. The van der Waals surface area contributed by atoms with E-state index in [1.165, 1.54) is 19.2 Å². The van der Waals surface area contributed by atoms with Crippen LogP contribution in [-0.4, -0.2) is 22.5 Å². The Hall–Kier alpha value is -3.15. The van der Waals surface area contributed by atoms with Crippen molar-refractivity contribution in [3.05, 3.63) is 64.7 Å². The molecule has 126 valence electrons. The van der Waals surface area contributed by atoms with Gasteiger partial charge in [0.2, 0.25) is 0 Å². The van der Waals surface area contributed by atoms with Crippen LogP contribution < -0.4 is 15.6 Å². The molecule has 3 aromatic rings. The number of fused-ring (bicyclic) bond motifs is 1. The highest BCUT2D eigenvalue weighted by Crippen LogP contribution is 2.29. The predicted molar refractivity (Wildman–Crippen MR) is 95.0 cm³/mol. The molecular weight excluding hydrogens is 318 g/mol. The molecule has 0 bridgehead atoms. The number of hydrogen-bond donors (Lipinski definition) is 2. The van der Waals surface area contributed by atoms with E-state index in [1.54, 1.807) is 42.5 Å². The molecule has 2 aromatic carbocycles. The number of hydrogen-bond acceptors (Lipinski definition) is 4. The summed E-state index contributed by atoms with van der Waals surface area (Å²) in [4.78, 5) is 30.8. The van der Waals surface area contributed by atoms with Crippen LogP contribution in [0.15, 0.2) is 53.6 Å². The quantitative estimate of drug-likeness (QED) is 0.751. The Morgan fingerprint density at radius 2 is 2.00 bits per heavy atom. The van der Waals surface area contributed by atoms with Crippen molar-refractivity contribution in [2.45, 2.75) is 12.8 Å². The topological polar surface area (TPSA) is 84.1 Å². The first-order valence-corrected chi connectivity index (χ1v) is 8.21. The molecule has 0 aliphatic heterocycles. The summed E-state index contributed by atoms with van der Waals surface area (Å²) in [5.41, 5.74) is 1.42. The number of nitrogens with one attached hydrogen (secondary N) is 2. The number of aromatic amines is 1. The van der Waals surface area contributed by atoms with Crippen LogP contribution in [0.3, 0.4) is 0 Å². The fourth-order valence-electron chi connectivity index (χ4n) is 2.55. The largest absolute Gasteiger partial charge is 0.493 e. The summed E-state index contributed by atoms with van der Waals surface area (Å²) in [7, 11) is 0. The van der Waals surface area contributed by atoms with Gasteiger partial charge in [0.05, 0.1) is 23.8 Å². The van der Waals surface area contributed by atoms with Gasteiger partial charge in [-0.25, -0.2) is 4.98 Å². The lowest BCUT2D eigenvalue weighted by Crippen LogP contribution is -2.13. The van der Waals surface area contributed by atoms with Crippen LogP contribution in [0.5, 0.6) is 5.75 Å². The van der Waals surface area contributed by atoms with Gasteiger partial charge in [0.1, 0.15) is 5.75 Å². The van der Waals surface area contributed by atoms with Crippen molar-refractivity contribution in [2.24, 2.45) is 5.92 Å². The highest BCUT2D eigenvalue weighted by molar-refractivity contribution is 6.05. The molecule has 0 unspecified atom stereocenters. The van der Waals surface area contributed by atoms with Crippen LogP contribution >= 0.6 is 0 Å². The zero-order valence-electron chi connectivity index (χ0n) is 13.5. The molecule has 6 nitrogen and oxygen atoms in total. The third-order valence-electron chi connectivity index (χ3n) is 4.20. The van der Waals surface area contributed by atoms with Crippen LogP contribution in [0.2, 0.25) is 0 Å². The smallest absolute Gasteiger partial charge is 0.258 e. The molecule has 6 heteroatoms. The first-order chi connectivity index (χ1) is 12.2. The summed E-state index contributed by atoms with van der Waals surface area (Å²) in [6.45, 7) is 0.741. The minimum absolute atomic E-state index is 0.238. The maximum absolute atomic E-state index is 12.4. The summed E-state index contributed by atoms with van der Waals surface area (Å²) in [6.07, 6.45) is 3.84. The molecule has 1 aliphatic rings. The Morgan fingerprint density at radius 1 is 1.20 bits per heavy atom. The number of H-pyrrole nitrogens is 1. The molecule has 0 atom stereocenters. The van der Waals surface area contributed by atoms with E-state index in [-0.39, 0.29) is 11.5 Å². The Bertz CT molecular complexity index is 975. The summed E-state index contributed by atoms with van der Waals surface area (Å²) in [6, 6.07) is 12.1. The molecule has 1 saturated carbocycles. The lowest BCUT2D eigenvalue weighted by molar-refractivity contribution is 0.102. The van der Waals surface area contributed by atoms with Gasteiger partial charge in [-0.15, -0.1) is 0 Å². The van der Waals surface area contributed by atoms with Gasteiger partial charge < -0.3 is 15.0 Å². The Kier molecular flexibility index (Phi) is 3.93. The summed E-state index contributed by atoms with van der Waals surface area (Å²) < 4.78 is 5.67. The van der Waals surface area contributed by atoms with Crippen molar-refractivity contribution >= 4 is 22.5 Å². The number of ether oxygens (including phenoxy) is 1. The molecule has 0 spiro atoms. The Morgan fingerprint density at radius 3 is 2.76 bits per heavy atom. The van der Waals surface area contributed by atoms with Gasteiger partial charge >= 0.3 is 0 Å². The number of benzene rings is 2. The minimum atomic E-state index is -0.242. The first kappa shape index (κ1) is 15.4. The number of carbonyl (C=O) groups is 1. The van der Waals surface area contributed by atoms with Gasteiger partial charge in [0, 0.05) is 11.3 Å². The average Bonchev–Trinajstić information content (AvgIpc) is 3.45. The molecule has 0 saturated heterocycles. The molecule has 1 aliphatic carbocycles. The lowest BCUT2D eigenvalue weighted by atomic mass is 10.2. The number of amides is 1. The van der Waals surface area contributed by atoms with Gasteiger partial charge in [-0.3, -0.25) is 9.59 Å². The molecule has 4 rings (SSSR count). The van der Waals surface area contributed by atoms with E-state index in [0.717, 1.165) is 12.4 Å². The highest BCUT2D eigenvalue weighted by atomic mass is 16.5. The van der Waals surface area contributed by atoms with Crippen molar-refractivity contribution in [1.82, 2.24) is 9.97 Å². The van der Waals surface area contributed by atoms with E-state index < -0.39 is 0 Å². The fourth-order valence-corrected chi connectivity index (χ4v) is 2.55. The van der Waals surface area contributed by atoms with Gasteiger partial charge in [0.25, 0.3) is 11.5 Å². The van der Waals surface area contributed by atoms with Crippen LogP contribution in [0.1, 0.15) is 23.2 Å². The zero-order chi connectivity index (χ0) is 17.2. The van der Waals surface area contributed by atoms with Crippen molar-refractivity contribution in [1.29, 1.82) is 0 Å². The molecular formula is C19H17N3O3. The Labute approximate surface area is 143 Å². The normalized spacial score (nSPS) is 13.6. The second kappa shape index (κ2) is 6.39. The highest BCUT2D eigenvalue weighted by Gasteiger charge is 2.21. The number of nitrogens with zero attached hydrogens (tertiary/aromatic N) is 1. The maximum Gasteiger partial charge on any atom is 0.258 e. The summed E-state index contributed by atoms with van der Waals surface area (Å²) in [5.74, 6) is 1.22. The van der Waals surface area contributed by atoms with Crippen LogP contribution in [0.4, 0.5) is 5.69 Å². The predicted octanol–water partition coefficient (Wildman–Crippen LogP) is 2.96. The summed E-state index contributed by atoms with van der Waals surface area (Å²) >= 11 is 0. The SMILES string of the molecule is O=C(Nc1ccc2nc[nH]c(=O)c2c1)c1ccc(OCC2CC2)cc1. The van der Waals surface area contributed by atoms with Crippen LogP contribution in [-0.2, 0) is 0 Å². The number of carbonyl (C=O) groups excluding carboxylic acids is 1. The molecule has 1 aromatic heterocycles. The third-order valence-corrected chi connectivity index (χ3v) is 4.20. The Balaban J connectivity index is 1.47. The van der Waals surface area contributed by atoms with E-state index in [0.29, 0.717) is 28.1 Å². The maximum atomic E-state index is 12.4. The molecule has 25 heavy (non-hydrogen) atoms. The van der Waals surface area contributed by atoms with E-state index >= 15 is 0 Å². The molecule has 0 radical (unpaired) electrons. The van der Waals surface area contributed by atoms with E-state index in [1.807, 2.05) is 0 Å². The molecule has 1 fully saturated rings. The summed E-state index contributed by atoms with van der Waals surface area (Å²) in [5, 5.41) is 3.23. The van der Waals surface area contributed by atoms with Crippen molar-refractivity contribution in [2.75, 3.05) is 11.9 Å². The average molecular weight is 335 g/mol. The standard InChI is InChI=1S/C19H17N3O3/c23-18(13-3-6-15(7-4-13)25-10-12-1-2-12)22-14-5-8-17-16(9-14)19(24)21-11-20-17/h3-9,11-12H,1-2,10H2,(H,22,23)(H,20,21,24). The van der Waals surface area contributed by atoms with Gasteiger partial charge in [-0.1, -0.05) is 0 Å². The van der Waals surface area contributed by atoms with Crippen LogP contribution in [0.25, 0.3) is 10.9 Å². The number of rotatable bonds is 5. The first-order valence-electron chi connectivity index (χ1n) is 8.21. The van der Waals surface area contributed by atoms with E-state index in [4.69, 9.17) is 4.74 Å². The molecule has 1 amide bonds. The van der Waals surface area contributed by atoms with E-state index in [2.05, 4.69) is 15.3 Å². The fraction of sp³-hybridized carbons (Fsp3) is 0.211. The van der Waals surface area contributed by atoms with Crippen molar-refractivity contribution < 1.29 is 9.53 Å². The molecule has 1 heterocycles. The monoisotopic (exact) mass is 335 g/mol. The minimum Gasteiger partial charge on any atom is -0.493 e. The van der Waals surface area contributed by atoms with E-state index in [9.17, 15) is 9.59 Å². The molecule has 2 N–H and O–H groups in total. The van der Waals surface area contributed by atoms with Gasteiger partial charge in [-0.05, 0) is 61.2 Å². The third kappa shape index (κ3) is 3.52. The lowest BCUT2D eigenvalue weighted by Gasteiger charge is -2.08. The van der Waals surface area contributed by atoms with Crippen molar-refractivity contribution in [3.63, 3.8) is 0 Å². The second-order valence-electron chi connectivity index (χ2n) is 6.20. The number of aromatic nitrogens is 2. The van der Waals surface area contributed by atoms with Crippen molar-refractivity contribution in [3.8, 4) is 5.75 Å². The van der Waals surface area contributed by atoms with Gasteiger partial charge in [-0.2, -0.15) is 0 Å². The number of anilines is 1. The van der Waals surface area contributed by atoms with Crippen LogP contribution in [0, 0.1) is 5.92 Å².